The normalized spacial score (nSPS) is 15.8. The first-order valence-electron chi connectivity index (χ1n) is 9.17. The molecule has 0 aliphatic carbocycles. The highest BCUT2D eigenvalue weighted by Gasteiger charge is 2.40. The fraction of sp³-hybridized carbons (Fsp3) is 0.125. The monoisotopic (exact) mass is 354 g/mol. The van der Waals surface area contributed by atoms with Crippen LogP contribution in [0.15, 0.2) is 97.6 Å². The predicted molar refractivity (Wildman–Crippen MR) is 109 cm³/mol. The van der Waals surface area contributed by atoms with E-state index in [0.717, 1.165) is 22.4 Å². The molecule has 0 saturated carbocycles. The number of hydrogen-bond donors (Lipinski definition) is 0. The van der Waals surface area contributed by atoms with Crippen LogP contribution in [-0.2, 0) is 11.3 Å². The second kappa shape index (κ2) is 7.60. The minimum absolute atomic E-state index is 0.0835. The lowest BCUT2D eigenvalue weighted by molar-refractivity contribution is -0.121. The number of fused-ring (bicyclic) bond motifs is 1. The van der Waals surface area contributed by atoms with Gasteiger partial charge in [-0.1, -0.05) is 84.9 Å². The summed E-state index contributed by atoms with van der Waals surface area (Å²) in [5.74, 6) is -0.189. The number of hydrogen-bond acceptors (Lipinski definition) is 2. The standard InChI is InChI=1S/C24H22N2O/c1-2-17-25(18-19-11-5-3-6-12-19)26-22-16-10-9-15-21(22)23(24(26)27)20-13-7-4-8-14-20/h2-16,23H,1,17-18H2. The minimum atomic E-state index is -0.273. The Morgan fingerprint density at radius 3 is 2.22 bits per heavy atom. The van der Waals surface area contributed by atoms with Crippen LogP contribution in [0.3, 0.4) is 0 Å². The summed E-state index contributed by atoms with van der Waals surface area (Å²) in [6.07, 6.45) is 1.84. The van der Waals surface area contributed by atoms with Crippen LogP contribution in [0.2, 0.25) is 0 Å². The van der Waals surface area contributed by atoms with Crippen molar-refractivity contribution in [2.45, 2.75) is 12.5 Å². The number of benzene rings is 3. The molecular weight excluding hydrogens is 332 g/mol. The highest BCUT2D eigenvalue weighted by molar-refractivity contribution is 6.06. The maximum Gasteiger partial charge on any atom is 0.253 e. The molecule has 0 spiro atoms. The van der Waals surface area contributed by atoms with Crippen molar-refractivity contribution in [3.05, 3.63) is 114 Å². The summed E-state index contributed by atoms with van der Waals surface area (Å²) in [7, 11) is 0. The smallest absolute Gasteiger partial charge is 0.253 e. The van der Waals surface area contributed by atoms with Crippen molar-refractivity contribution in [2.75, 3.05) is 11.6 Å². The number of amides is 1. The molecular formula is C24H22N2O. The number of carbonyl (C=O) groups is 1. The largest absolute Gasteiger partial charge is 0.272 e. The molecule has 1 aliphatic rings. The fourth-order valence-electron chi connectivity index (χ4n) is 3.72. The van der Waals surface area contributed by atoms with Crippen LogP contribution >= 0.6 is 0 Å². The molecule has 1 unspecified atom stereocenters. The van der Waals surface area contributed by atoms with Crippen LogP contribution in [0.25, 0.3) is 0 Å². The van der Waals surface area contributed by atoms with E-state index in [1.807, 2.05) is 77.8 Å². The van der Waals surface area contributed by atoms with E-state index in [1.54, 1.807) is 0 Å². The third-order valence-corrected chi connectivity index (χ3v) is 4.90. The molecule has 3 aromatic carbocycles. The molecule has 0 saturated heterocycles. The second-order valence-electron chi connectivity index (χ2n) is 6.67. The van der Waals surface area contributed by atoms with Crippen LogP contribution in [0.5, 0.6) is 0 Å². The number of hydrazine groups is 1. The zero-order valence-electron chi connectivity index (χ0n) is 15.2. The molecule has 1 atom stereocenters. The van der Waals surface area contributed by atoms with Crippen molar-refractivity contribution in [1.82, 2.24) is 5.01 Å². The molecule has 3 nitrogen and oxygen atoms in total. The quantitative estimate of drug-likeness (QED) is 0.596. The summed E-state index contributed by atoms with van der Waals surface area (Å²) in [6.45, 7) is 5.13. The van der Waals surface area contributed by atoms with Crippen LogP contribution in [0.1, 0.15) is 22.6 Å². The van der Waals surface area contributed by atoms with Gasteiger partial charge in [0.05, 0.1) is 11.6 Å². The molecule has 3 heteroatoms. The van der Waals surface area contributed by atoms with Gasteiger partial charge in [-0.3, -0.25) is 4.79 Å². The highest BCUT2D eigenvalue weighted by atomic mass is 16.2. The lowest BCUT2D eigenvalue weighted by Crippen LogP contribution is -2.45. The third-order valence-electron chi connectivity index (χ3n) is 4.90. The lowest BCUT2D eigenvalue weighted by Gasteiger charge is -2.32. The second-order valence-corrected chi connectivity index (χ2v) is 6.67. The zero-order chi connectivity index (χ0) is 18.6. The molecule has 0 N–H and O–H groups in total. The van der Waals surface area contributed by atoms with Gasteiger partial charge in [0.15, 0.2) is 0 Å². The molecule has 0 fully saturated rings. The van der Waals surface area contributed by atoms with Crippen molar-refractivity contribution in [3.8, 4) is 0 Å². The van der Waals surface area contributed by atoms with E-state index in [-0.39, 0.29) is 11.8 Å². The van der Waals surface area contributed by atoms with E-state index in [4.69, 9.17) is 0 Å². The summed E-state index contributed by atoms with van der Waals surface area (Å²) < 4.78 is 0. The average molecular weight is 354 g/mol. The Balaban J connectivity index is 1.75. The van der Waals surface area contributed by atoms with Crippen molar-refractivity contribution in [2.24, 2.45) is 0 Å². The van der Waals surface area contributed by atoms with E-state index < -0.39 is 0 Å². The average Bonchev–Trinajstić information content (AvgIpc) is 3.01. The zero-order valence-corrected chi connectivity index (χ0v) is 15.2. The van der Waals surface area contributed by atoms with Crippen LogP contribution in [0, 0.1) is 0 Å². The van der Waals surface area contributed by atoms with Gasteiger partial charge >= 0.3 is 0 Å². The number of anilines is 1. The Labute approximate surface area is 160 Å². The first-order valence-corrected chi connectivity index (χ1v) is 9.17. The van der Waals surface area contributed by atoms with E-state index >= 15 is 0 Å². The maximum atomic E-state index is 13.5. The van der Waals surface area contributed by atoms with Gasteiger partial charge in [0.25, 0.3) is 5.91 Å². The summed E-state index contributed by atoms with van der Waals surface area (Å²) in [6, 6.07) is 28.3. The van der Waals surface area contributed by atoms with Crippen LogP contribution in [0.4, 0.5) is 5.69 Å². The van der Waals surface area contributed by atoms with Gasteiger partial charge in [-0.05, 0) is 22.8 Å². The summed E-state index contributed by atoms with van der Waals surface area (Å²) >= 11 is 0. The molecule has 0 aromatic heterocycles. The first-order chi connectivity index (χ1) is 13.3. The van der Waals surface area contributed by atoms with E-state index in [2.05, 4.69) is 29.8 Å². The molecule has 3 aromatic rings. The van der Waals surface area contributed by atoms with Crippen LogP contribution in [-0.4, -0.2) is 17.5 Å². The van der Waals surface area contributed by atoms with E-state index in [0.29, 0.717) is 13.1 Å². The van der Waals surface area contributed by atoms with Crippen molar-refractivity contribution in [1.29, 1.82) is 0 Å². The predicted octanol–water partition coefficient (Wildman–Crippen LogP) is 4.77. The third kappa shape index (κ3) is 3.29. The number of nitrogens with zero attached hydrogens (tertiary/aromatic N) is 2. The maximum absolute atomic E-state index is 13.5. The number of rotatable bonds is 6. The van der Waals surface area contributed by atoms with Crippen molar-refractivity contribution in [3.63, 3.8) is 0 Å². The summed E-state index contributed by atoms with van der Waals surface area (Å²) in [5, 5.41) is 3.90. The van der Waals surface area contributed by atoms with E-state index in [1.165, 1.54) is 0 Å². The Kier molecular flexibility index (Phi) is 4.86. The van der Waals surface area contributed by atoms with Crippen molar-refractivity contribution < 1.29 is 4.79 Å². The number of para-hydroxylation sites is 1. The van der Waals surface area contributed by atoms with Gasteiger partial charge in [0, 0.05) is 13.1 Å². The molecule has 27 heavy (non-hydrogen) atoms. The first kappa shape index (κ1) is 17.3. The molecule has 1 heterocycles. The summed E-state index contributed by atoms with van der Waals surface area (Å²) in [5.41, 5.74) is 4.19. The van der Waals surface area contributed by atoms with Gasteiger partial charge < -0.3 is 0 Å². The fourth-order valence-corrected chi connectivity index (χ4v) is 3.72. The Bertz CT molecular complexity index is 937. The topological polar surface area (TPSA) is 23.6 Å². The lowest BCUT2D eigenvalue weighted by atomic mass is 9.93. The Morgan fingerprint density at radius 1 is 0.889 bits per heavy atom. The Morgan fingerprint density at radius 2 is 1.52 bits per heavy atom. The molecule has 0 bridgehead atoms. The van der Waals surface area contributed by atoms with E-state index in [9.17, 15) is 4.79 Å². The van der Waals surface area contributed by atoms with Crippen LogP contribution < -0.4 is 5.01 Å². The number of carbonyl (C=O) groups excluding carboxylic acids is 1. The Hall–Kier alpha value is -3.17. The summed E-state index contributed by atoms with van der Waals surface area (Å²) in [4.78, 5) is 13.5. The molecule has 1 aliphatic heterocycles. The highest BCUT2D eigenvalue weighted by Crippen LogP contribution is 2.42. The molecule has 1 amide bonds. The van der Waals surface area contributed by atoms with Gasteiger partial charge in [-0.2, -0.15) is 0 Å². The SMILES string of the molecule is C=CCN(Cc1ccccc1)N1C(=O)C(c2ccccc2)c2ccccc21. The van der Waals surface area contributed by atoms with Crippen molar-refractivity contribution >= 4 is 11.6 Å². The van der Waals surface area contributed by atoms with Gasteiger partial charge in [0.2, 0.25) is 0 Å². The molecule has 4 rings (SSSR count). The van der Waals surface area contributed by atoms with Gasteiger partial charge in [-0.25, -0.2) is 10.0 Å². The minimum Gasteiger partial charge on any atom is -0.272 e. The van der Waals surface area contributed by atoms with Gasteiger partial charge in [-0.15, -0.1) is 6.58 Å². The van der Waals surface area contributed by atoms with Gasteiger partial charge in [0.1, 0.15) is 0 Å². The molecule has 134 valence electrons. The molecule has 0 radical (unpaired) electrons.